The van der Waals surface area contributed by atoms with Gasteiger partial charge in [-0.15, -0.1) is 0 Å². The fraction of sp³-hybridized carbons (Fsp3) is 1.00. The van der Waals surface area contributed by atoms with Crippen molar-refractivity contribution in [3.63, 3.8) is 0 Å². The van der Waals surface area contributed by atoms with E-state index < -0.39 is 11.2 Å². The van der Waals surface area contributed by atoms with Crippen LogP contribution in [0.2, 0.25) is 0 Å². The third kappa shape index (κ3) is 4.44. The van der Waals surface area contributed by atoms with Crippen molar-refractivity contribution >= 4 is 0 Å². The maximum absolute atomic E-state index is 10.7. The lowest BCUT2D eigenvalue weighted by atomic mass is 9.82. The Balaban J connectivity index is 5.02. The normalized spacial score (nSPS) is 16.4. The molecule has 0 saturated heterocycles. The van der Waals surface area contributed by atoms with Gasteiger partial charge in [0.15, 0.2) is 0 Å². The van der Waals surface area contributed by atoms with Crippen LogP contribution in [0.5, 0.6) is 0 Å². The van der Waals surface area contributed by atoms with E-state index in [2.05, 4.69) is 19.2 Å². The molecule has 0 aliphatic heterocycles. The van der Waals surface area contributed by atoms with Crippen molar-refractivity contribution in [2.45, 2.75) is 103 Å². The van der Waals surface area contributed by atoms with E-state index in [-0.39, 0.29) is 12.1 Å². The molecule has 0 bridgehead atoms. The standard InChI is InChI=1S/C16H35NO2/c1-7-13(15(18,9-3)10-4)17-14(8-2)16(19,11-5)12-6/h13-14,17-19H,7-12H2,1-6H3. The Labute approximate surface area is 119 Å². The molecule has 19 heavy (non-hydrogen) atoms. The molecular weight excluding hydrogens is 238 g/mol. The Morgan fingerprint density at radius 2 is 0.947 bits per heavy atom. The van der Waals surface area contributed by atoms with Crippen molar-refractivity contribution in [1.29, 1.82) is 0 Å². The van der Waals surface area contributed by atoms with E-state index in [1.807, 2.05) is 27.7 Å². The van der Waals surface area contributed by atoms with Crippen LogP contribution in [-0.4, -0.2) is 33.5 Å². The van der Waals surface area contributed by atoms with Gasteiger partial charge in [-0.25, -0.2) is 0 Å². The van der Waals surface area contributed by atoms with Crippen molar-refractivity contribution in [3.8, 4) is 0 Å². The van der Waals surface area contributed by atoms with Crippen LogP contribution in [0.15, 0.2) is 0 Å². The van der Waals surface area contributed by atoms with Crippen LogP contribution in [0, 0.1) is 0 Å². The van der Waals surface area contributed by atoms with Crippen LogP contribution in [0.4, 0.5) is 0 Å². The highest BCUT2D eigenvalue weighted by Crippen LogP contribution is 2.27. The number of hydrogen-bond acceptors (Lipinski definition) is 3. The van der Waals surface area contributed by atoms with Crippen molar-refractivity contribution in [3.05, 3.63) is 0 Å². The van der Waals surface area contributed by atoms with Gasteiger partial charge in [0, 0.05) is 12.1 Å². The molecule has 3 heteroatoms. The predicted octanol–water partition coefficient (Wildman–Crippen LogP) is 3.24. The van der Waals surface area contributed by atoms with Gasteiger partial charge in [-0.3, -0.25) is 0 Å². The SMILES string of the molecule is CCC(NC(CC)C(O)(CC)CC)C(O)(CC)CC. The van der Waals surface area contributed by atoms with Crippen LogP contribution in [0.25, 0.3) is 0 Å². The zero-order chi connectivity index (χ0) is 15.1. The molecule has 0 fully saturated rings. The first-order valence-electron chi connectivity index (χ1n) is 8.08. The molecular formula is C16H35NO2. The van der Waals surface area contributed by atoms with Gasteiger partial charge in [0.05, 0.1) is 11.2 Å². The van der Waals surface area contributed by atoms with Gasteiger partial charge >= 0.3 is 0 Å². The Bertz CT molecular complexity index is 211. The number of hydrogen-bond donors (Lipinski definition) is 3. The molecule has 0 heterocycles. The molecule has 0 spiro atoms. The summed E-state index contributed by atoms with van der Waals surface area (Å²) in [6.45, 7) is 12.3. The molecule has 0 aromatic carbocycles. The monoisotopic (exact) mass is 273 g/mol. The molecule has 2 atom stereocenters. The average molecular weight is 273 g/mol. The highest BCUT2D eigenvalue weighted by Gasteiger charge is 2.38. The van der Waals surface area contributed by atoms with Gasteiger partial charge in [-0.1, -0.05) is 41.5 Å². The van der Waals surface area contributed by atoms with Crippen molar-refractivity contribution in [2.75, 3.05) is 0 Å². The van der Waals surface area contributed by atoms with E-state index in [0.717, 1.165) is 38.5 Å². The van der Waals surface area contributed by atoms with E-state index in [1.54, 1.807) is 0 Å². The number of rotatable bonds is 10. The van der Waals surface area contributed by atoms with Crippen molar-refractivity contribution < 1.29 is 10.2 Å². The van der Waals surface area contributed by atoms with Gasteiger partial charge < -0.3 is 15.5 Å². The van der Waals surface area contributed by atoms with Gasteiger partial charge in [0.2, 0.25) is 0 Å². The molecule has 3 N–H and O–H groups in total. The second-order valence-electron chi connectivity index (χ2n) is 5.71. The summed E-state index contributed by atoms with van der Waals surface area (Å²) >= 11 is 0. The third-order valence-electron chi connectivity index (χ3n) is 4.97. The molecule has 0 amide bonds. The van der Waals surface area contributed by atoms with E-state index >= 15 is 0 Å². The van der Waals surface area contributed by atoms with Crippen molar-refractivity contribution in [1.82, 2.24) is 5.32 Å². The van der Waals surface area contributed by atoms with Gasteiger partial charge in [0.25, 0.3) is 0 Å². The summed E-state index contributed by atoms with van der Waals surface area (Å²) in [4.78, 5) is 0. The average Bonchev–Trinajstić information content (AvgIpc) is 2.46. The maximum atomic E-state index is 10.7. The summed E-state index contributed by atoms with van der Waals surface area (Å²) < 4.78 is 0. The van der Waals surface area contributed by atoms with Crippen LogP contribution >= 0.6 is 0 Å². The van der Waals surface area contributed by atoms with Gasteiger partial charge in [-0.2, -0.15) is 0 Å². The molecule has 0 saturated carbocycles. The highest BCUT2D eigenvalue weighted by molar-refractivity contribution is 4.96. The number of nitrogens with one attached hydrogen (secondary N) is 1. The fourth-order valence-corrected chi connectivity index (χ4v) is 3.03. The Morgan fingerprint density at radius 1 is 0.684 bits per heavy atom. The van der Waals surface area contributed by atoms with Crippen LogP contribution in [0.1, 0.15) is 80.1 Å². The Hall–Kier alpha value is -0.120. The van der Waals surface area contributed by atoms with Crippen molar-refractivity contribution in [2.24, 2.45) is 0 Å². The lowest BCUT2D eigenvalue weighted by Crippen LogP contribution is -2.59. The van der Waals surface area contributed by atoms with E-state index in [1.165, 1.54) is 0 Å². The Kier molecular flexibility index (Phi) is 8.18. The van der Waals surface area contributed by atoms with E-state index in [0.29, 0.717) is 0 Å². The molecule has 116 valence electrons. The second-order valence-corrected chi connectivity index (χ2v) is 5.71. The zero-order valence-corrected chi connectivity index (χ0v) is 13.8. The minimum Gasteiger partial charge on any atom is -0.388 e. The summed E-state index contributed by atoms with van der Waals surface area (Å²) in [5, 5.41) is 24.9. The first-order valence-corrected chi connectivity index (χ1v) is 8.08. The third-order valence-corrected chi connectivity index (χ3v) is 4.97. The molecule has 0 aromatic rings. The molecule has 0 rings (SSSR count). The minimum atomic E-state index is -0.676. The lowest BCUT2D eigenvalue weighted by molar-refractivity contribution is -0.0468. The molecule has 2 unspecified atom stereocenters. The summed E-state index contributed by atoms with van der Waals surface area (Å²) in [5.41, 5.74) is -1.35. The molecule has 0 aliphatic rings. The predicted molar refractivity (Wildman–Crippen MR) is 82.4 cm³/mol. The minimum absolute atomic E-state index is 0.0390. The summed E-state index contributed by atoms with van der Waals surface area (Å²) in [7, 11) is 0. The fourth-order valence-electron chi connectivity index (χ4n) is 3.03. The quantitative estimate of drug-likeness (QED) is 0.573. The largest absolute Gasteiger partial charge is 0.388 e. The molecule has 0 radical (unpaired) electrons. The maximum Gasteiger partial charge on any atom is 0.0794 e. The van der Waals surface area contributed by atoms with E-state index in [4.69, 9.17) is 0 Å². The smallest absolute Gasteiger partial charge is 0.0794 e. The van der Waals surface area contributed by atoms with Gasteiger partial charge in [0.1, 0.15) is 0 Å². The Morgan fingerprint density at radius 3 is 1.11 bits per heavy atom. The highest BCUT2D eigenvalue weighted by atomic mass is 16.3. The number of aliphatic hydroxyl groups is 2. The summed E-state index contributed by atoms with van der Waals surface area (Å²) in [5.74, 6) is 0. The molecule has 3 nitrogen and oxygen atoms in total. The first-order chi connectivity index (χ1) is 8.87. The van der Waals surface area contributed by atoms with E-state index in [9.17, 15) is 10.2 Å². The molecule has 0 aromatic heterocycles. The topological polar surface area (TPSA) is 52.5 Å². The van der Waals surface area contributed by atoms with Crippen LogP contribution in [0.3, 0.4) is 0 Å². The zero-order valence-electron chi connectivity index (χ0n) is 13.8. The summed E-state index contributed by atoms with van der Waals surface area (Å²) in [6.07, 6.45) is 4.70. The van der Waals surface area contributed by atoms with Gasteiger partial charge in [-0.05, 0) is 38.5 Å². The van der Waals surface area contributed by atoms with Crippen LogP contribution in [-0.2, 0) is 0 Å². The molecule has 0 aliphatic carbocycles. The van der Waals surface area contributed by atoms with Crippen LogP contribution < -0.4 is 5.32 Å². The lowest BCUT2D eigenvalue weighted by Gasteiger charge is -2.42. The second kappa shape index (κ2) is 8.23. The summed E-state index contributed by atoms with van der Waals surface area (Å²) in [6, 6.07) is 0.0779. The first kappa shape index (κ1) is 18.9.